The first-order valence-corrected chi connectivity index (χ1v) is 10.4. The van der Waals surface area contributed by atoms with Crippen LogP contribution in [0.2, 0.25) is 0 Å². The van der Waals surface area contributed by atoms with Crippen LogP contribution in [0.3, 0.4) is 0 Å². The first kappa shape index (κ1) is 20.7. The lowest BCUT2D eigenvalue weighted by Gasteiger charge is -2.12. The molecule has 0 aliphatic rings. The summed E-state index contributed by atoms with van der Waals surface area (Å²) in [5.74, 6) is 0.0100. The van der Waals surface area contributed by atoms with Crippen LogP contribution in [0, 0.1) is 6.92 Å². The summed E-state index contributed by atoms with van der Waals surface area (Å²) in [6.07, 6.45) is 10.9. The van der Waals surface area contributed by atoms with E-state index >= 15 is 0 Å². The Hall–Kier alpha value is -0.350. The fourth-order valence-corrected chi connectivity index (χ4v) is 3.82. The van der Waals surface area contributed by atoms with E-state index in [0.29, 0.717) is 10.0 Å². The molecule has 0 saturated carbocycles. The summed E-state index contributed by atoms with van der Waals surface area (Å²) < 4.78 is 0.577. The van der Waals surface area contributed by atoms with Gasteiger partial charge in [0.15, 0.2) is 5.78 Å². The summed E-state index contributed by atoms with van der Waals surface area (Å²) in [5.41, 5.74) is 1.36. The summed E-state index contributed by atoms with van der Waals surface area (Å²) in [6.45, 7) is 4.15. The smallest absolute Gasteiger partial charge is 0.180 e. The molecular weight excluding hydrogens is 420 g/mol. The topological polar surface area (TPSA) is 37.3 Å². The van der Waals surface area contributed by atoms with Crippen molar-refractivity contribution >= 4 is 37.6 Å². The van der Waals surface area contributed by atoms with Crippen molar-refractivity contribution in [1.82, 2.24) is 0 Å². The van der Waals surface area contributed by atoms with Crippen LogP contribution in [0.5, 0.6) is 5.75 Å². The number of carbonyl (C=O) groups excluding carboxylic acids is 1. The molecule has 0 spiro atoms. The maximum absolute atomic E-state index is 12.5. The molecule has 0 aliphatic heterocycles. The van der Waals surface area contributed by atoms with Crippen LogP contribution >= 0.6 is 31.9 Å². The van der Waals surface area contributed by atoms with E-state index in [-0.39, 0.29) is 16.4 Å². The van der Waals surface area contributed by atoms with Gasteiger partial charge in [0.05, 0.1) is 14.9 Å². The third kappa shape index (κ3) is 7.38. The number of benzene rings is 1. The highest BCUT2D eigenvalue weighted by Crippen LogP contribution is 2.31. The van der Waals surface area contributed by atoms with Gasteiger partial charge < -0.3 is 5.11 Å². The van der Waals surface area contributed by atoms with Gasteiger partial charge in [0.2, 0.25) is 0 Å². The molecule has 0 radical (unpaired) electrons. The standard InChI is InChI=1S/C19H28Br2O2/c1-3-4-5-6-7-8-9-10-11-16(20)18(22)15-12-14(2)13-17(21)19(15)23/h12-13,16,23H,3-11H2,1-2H3/t16-/m1/s1. The summed E-state index contributed by atoms with van der Waals surface area (Å²) in [6, 6.07) is 3.57. The van der Waals surface area contributed by atoms with E-state index in [1.165, 1.54) is 44.9 Å². The number of carbonyl (C=O) groups is 1. The average Bonchev–Trinajstić information content (AvgIpc) is 2.52. The third-order valence-electron chi connectivity index (χ3n) is 4.07. The molecule has 1 atom stereocenters. The predicted molar refractivity (Wildman–Crippen MR) is 105 cm³/mol. The van der Waals surface area contributed by atoms with E-state index in [1.807, 2.05) is 13.0 Å². The van der Waals surface area contributed by atoms with Crippen molar-refractivity contribution in [3.8, 4) is 5.75 Å². The summed E-state index contributed by atoms with van der Waals surface area (Å²) >= 11 is 6.79. The van der Waals surface area contributed by atoms with Crippen molar-refractivity contribution in [3.05, 3.63) is 27.7 Å². The Labute approximate surface area is 157 Å². The first-order chi connectivity index (χ1) is 11.0. The van der Waals surface area contributed by atoms with E-state index < -0.39 is 0 Å². The molecule has 1 N–H and O–H groups in total. The van der Waals surface area contributed by atoms with Crippen molar-refractivity contribution in [2.24, 2.45) is 0 Å². The van der Waals surface area contributed by atoms with E-state index in [1.54, 1.807) is 6.07 Å². The van der Waals surface area contributed by atoms with Crippen LogP contribution in [-0.2, 0) is 0 Å². The van der Waals surface area contributed by atoms with E-state index in [4.69, 9.17) is 0 Å². The summed E-state index contributed by atoms with van der Waals surface area (Å²) in [7, 11) is 0. The molecule has 0 saturated heterocycles. The molecule has 4 heteroatoms. The molecule has 1 aromatic rings. The second kappa shape index (κ2) is 11.2. The lowest BCUT2D eigenvalue weighted by Crippen LogP contribution is -2.14. The molecule has 0 bridgehead atoms. The van der Waals surface area contributed by atoms with Crippen LogP contribution < -0.4 is 0 Å². The zero-order chi connectivity index (χ0) is 17.2. The number of halogens is 2. The van der Waals surface area contributed by atoms with Crippen LogP contribution in [0.15, 0.2) is 16.6 Å². The van der Waals surface area contributed by atoms with Crippen molar-refractivity contribution in [3.63, 3.8) is 0 Å². The van der Waals surface area contributed by atoms with Gasteiger partial charge in [-0.3, -0.25) is 4.79 Å². The maximum Gasteiger partial charge on any atom is 0.180 e. The fourth-order valence-electron chi connectivity index (χ4n) is 2.68. The third-order valence-corrected chi connectivity index (χ3v) is 5.55. The van der Waals surface area contributed by atoms with Crippen LogP contribution in [0.1, 0.15) is 80.6 Å². The van der Waals surface area contributed by atoms with Gasteiger partial charge in [-0.1, -0.05) is 74.2 Å². The van der Waals surface area contributed by atoms with E-state index in [2.05, 4.69) is 38.8 Å². The molecule has 0 heterocycles. The molecular formula is C19H28Br2O2. The highest BCUT2D eigenvalue weighted by atomic mass is 79.9. The number of hydrogen-bond acceptors (Lipinski definition) is 2. The minimum Gasteiger partial charge on any atom is -0.506 e. The number of alkyl halides is 1. The van der Waals surface area contributed by atoms with Gasteiger partial charge >= 0.3 is 0 Å². The zero-order valence-corrected chi connectivity index (χ0v) is 17.4. The Morgan fingerprint density at radius 3 is 2.26 bits per heavy atom. The Balaban J connectivity index is 2.35. The number of hydrogen-bond donors (Lipinski definition) is 1. The van der Waals surface area contributed by atoms with Gasteiger partial charge in [-0.05, 0) is 47.0 Å². The predicted octanol–water partition coefficient (Wildman–Crippen LogP) is 6.94. The second-order valence-corrected chi connectivity index (χ2v) is 8.20. The zero-order valence-electron chi connectivity index (χ0n) is 14.2. The van der Waals surface area contributed by atoms with Gasteiger partial charge in [0.1, 0.15) is 5.75 Å². The first-order valence-electron chi connectivity index (χ1n) is 8.64. The van der Waals surface area contributed by atoms with Crippen LogP contribution in [0.25, 0.3) is 0 Å². The lowest BCUT2D eigenvalue weighted by atomic mass is 10.0. The summed E-state index contributed by atoms with van der Waals surface area (Å²) in [4.78, 5) is 12.3. The van der Waals surface area contributed by atoms with Gasteiger partial charge in [0, 0.05) is 0 Å². The van der Waals surface area contributed by atoms with Gasteiger partial charge in [0.25, 0.3) is 0 Å². The van der Waals surface area contributed by atoms with Gasteiger partial charge in [-0.25, -0.2) is 0 Å². The number of phenolic OH excluding ortho intramolecular Hbond substituents is 1. The second-order valence-electron chi connectivity index (χ2n) is 6.24. The lowest BCUT2D eigenvalue weighted by molar-refractivity contribution is 0.0985. The molecule has 0 aromatic heterocycles. The molecule has 130 valence electrons. The molecule has 1 aromatic carbocycles. The molecule has 2 nitrogen and oxygen atoms in total. The minimum absolute atomic E-state index is 0.0326. The molecule has 0 aliphatic carbocycles. The van der Waals surface area contributed by atoms with Crippen LogP contribution in [-0.4, -0.2) is 15.7 Å². The molecule has 0 amide bonds. The SMILES string of the molecule is CCCCCCCCCC[C@@H](Br)C(=O)c1cc(C)cc(Br)c1O. The number of aryl methyl sites for hydroxylation is 1. The van der Waals surface area contributed by atoms with Crippen molar-refractivity contribution in [1.29, 1.82) is 0 Å². The molecule has 0 unspecified atom stereocenters. The van der Waals surface area contributed by atoms with Crippen LogP contribution in [0.4, 0.5) is 0 Å². The minimum atomic E-state index is -0.220. The quantitative estimate of drug-likeness (QED) is 0.226. The number of aromatic hydroxyl groups is 1. The Morgan fingerprint density at radius 2 is 1.65 bits per heavy atom. The van der Waals surface area contributed by atoms with Crippen molar-refractivity contribution < 1.29 is 9.90 Å². The number of rotatable bonds is 11. The van der Waals surface area contributed by atoms with E-state index in [9.17, 15) is 9.90 Å². The Morgan fingerprint density at radius 1 is 1.09 bits per heavy atom. The highest BCUT2D eigenvalue weighted by molar-refractivity contribution is 9.10. The number of unbranched alkanes of at least 4 members (excludes halogenated alkanes) is 7. The Bertz CT molecular complexity index is 500. The Kier molecular flexibility index (Phi) is 10.1. The largest absolute Gasteiger partial charge is 0.506 e. The molecule has 1 rings (SSSR count). The van der Waals surface area contributed by atoms with Crippen molar-refractivity contribution in [2.75, 3.05) is 0 Å². The average molecular weight is 448 g/mol. The highest BCUT2D eigenvalue weighted by Gasteiger charge is 2.21. The van der Waals surface area contributed by atoms with Crippen molar-refractivity contribution in [2.45, 2.75) is 76.5 Å². The van der Waals surface area contributed by atoms with Gasteiger partial charge in [-0.2, -0.15) is 0 Å². The number of phenols is 1. The van der Waals surface area contributed by atoms with E-state index in [0.717, 1.165) is 18.4 Å². The fraction of sp³-hybridized carbons (Fsp3) is 0.632. The normalized spacial score (nSPS) is 12.3. The summed E-state index contributed by atoms with van der Waals surface area (Å²) in [5, 5.41) is 10.1. The number of ketones is 1. The molecule has 23 heavy (non-hydrogen) atoms. The molecule has 0 fully saturated rings. The van der Waals surface area contributed by atoms with Gasteiger partial charge in [-0.15, -0.1) is 0 Å². The maximum atomic E-state index is 12.5. The number of Topliss-reactive ketones (excluding diaryl/α,β-unsaturated/α-hetero) is 1. The monoisotopic (exact) mass is 446 g/mol.